The van der Waals surface area contributed by atoms with Gasteiger partial charge >= 0.3 is 0 Å². The molecule has 0 saturated heterocycles. The van der Waals surface area contributed by atoms with E-state index in [0.717, 1.165) is 11.4 Å². The first-order chi connectivity index (χ1) is 11.0. The zero-order valence-electron chi connectivity index (χ0n) is 13.5. The smallest absolute Gasteiger partial charge is 0.257 e. The minimum Gasteiger partial charge on any atom is -0.348 e. The number of carbonyl (C=O) groups excluding carboxylic acids is 1. The molecule has 2 aromatic heterocycles. The first kappa shape index (κ1) is 15.3. The largest absolute Gasteiger partial charge is 0.348 e. The van der Waals surface area contributed by atoms with Crippen molar-refractivity contribution in [1.29, 1.82) is 0 Å². The lowest BCUT2D eigenvalue weighted by Gasteiger charge is -2.19. The molecule has 2 N–H and O–H groups in total. The molecule has 0 aliphatic carbocycles. The summed E-state index contributed by atoms with van der Waals surface area (Å²) in [5.74, 6) is 0.479. The Morgan fingerprint density at radius 2 is 2.04 bits per heavy atom. The van der Waals surface area contributed by atoms with Gasteiger partial charge in [-0.05, 0) is 13.3 Å². The molecule has 3 rings (SSSR count). The van der Waals surface area contributed by atoms with E-state index in [2.05, 4.69) is 20.2 Å². The van der Waals surface area contributed by atoms with E-state index in [9.17, 15) is 9.59 Å². The number of carbonyl (C=O) groups is 1. The fourth-order valence-electron chi connectivity index (χ4n) is 2.75. The summed E-state index contributed by atoms with van der Waals surface area (Å²) in [5, 5.41) is 6.68. The molecule has 1 amide bonds. The number of H-pyrrole nitrogens is 2. The van der Waals surface area contributed by atoms with Crippen LogP contribution in [0.4, 0.5) is 5.95 Å². The van der Waals surface area contributed by atoms with E-state index in [0.29, 0.717) is 43.0 Å². The second kappa shape index (κ2) is 5.86. The number of aromatic nitrogens is 4. The highest BCUT2D eigenvalue weighted by atomic mass is 16.2. The average Bonchev–Trinajstić information content (AvgIpc) is 2.81. The summed E-state index contributed by atoms with van der Waals surface area (Å²) >= 11 is 0. The summed E-state index contributed by atoms with van der Waals surface area (Å²) in [6.45, 7) is 2.87. The van der Waals surface area contributed by atoms with Crippen LogP contribution in [-0.4, -0.2) is 58.2 Å². The molecular formula is C15H20N6O2. The summed E-state index contributed by atoms with van der Waals surface area (Å²) < 4.78 is 0. The molecule has 122 valence electrons. The highest BCUT2D eigenvalue weighted by Crippen LogP contribution is 2.15. The highest BCUT2D eigenvalue weighted by Gasteiger charge is 2.24. The van der Waals surface area contributed by atoms with Gasteiger partial charge in [0.25, 0.3) is 11.5 Å². The van der Waals surface area contributed by atoms with E-state index in [-0.39, 0.29) is 11.5 Å². The highest BCUT2D eigenvalue weighted by molar-refractivity contribution is 5.95. The number of aryl methyl sites for hydroxylation is 1. The van der Waals surface area contributed by atoms with Crippen LogP contribution in [0.5, 0.6) is 0 Å². The van der Waals surface area contributed by atoms with E-state index in [4.69, 9.17) is 0 Å². The van der Waals surface area contributed by atoms with Gasteiger partial charge in [0.1, 0.15) is 0 Å². The Morgan fingerprint density at radius 3 is 2.70 bits per heavy atom. The third-order valence-electron chi connectivity index (χ3n) is 4.11. The van der Waals surface area contributed by atoms with Crippen molar-refractivity contribution in [3.63, 3.8) is 0 Å². The number of anilines is 1. The molecule has 0 spiro atoms. The molecule has 23 heavy (non-hydrogen) atoms. The Bertz CT molecular complexity index is 792. The number of rotatable bonds is 2. The fourth-order valence-corrected chi connectivity index (χ4v) is 2.75. The molecule has 8 heteroatoms. The van der Waals surface area contributed by atoms with E-state index in [1.165, 1.54) is 0 Å². The number of nitrogens with zero attached hydrogens (tertiary/aromatic N) is 4. The Labute approximate surface area is 133 Å². The van der Waals surface area contributed by atoms with Crippen LogP contribution >= 0.6 is 0 Å². The monoisotopic (exact) mass is 316 g/mol. The van der Waals surface area contributed by atoms with Gasteiger partial charge < -0.3 is 9.80 Å². The zero-order valence-corrected chi connectivity index (χ0v) is 13.5. The van der Waals surface area contributed by atoms with Gasteiger partial charge in [-0.2, -0.15) is 5.10 Å². The molecule has 0 radical (unpaired) electrons. The van der Waals surface area contributed by atoms with Crippen LogP contribution in [0.2, 0.25) is 0 Å². The lowest BCUT2D eigenvalue weighted by Crippen LogP contribution is -2.33. The molecule has 1 aliphatic rings. The van der Waals surface area contributed by atoms with Crippen molar-refractivity contribution in [2.45, 2.75) is 19.8 Å². The zero-order chi connectivity index (χ0) is 16.6. The summed E-state index contributed by atoms with van der Waals surface area (Å²) in [4.78, 5) is 35.7. The minimum absolute atomic E-state index is 0.0617. The lowest BCUT2D eigenvalue weighted by atomic mass is 10.1. The minimum atomic E-state index is -0.118. The Kier molecular flexibility index (Phi) is 3.89. The van der Waals surface area contributed by atoms with Crippen LogP contribution in [0.15, 0.2) is 11.0 Å². The molecular weight excluding hydrogens is 296 g/mol. The Hall–Kier alpha value is -2.64. The first-order valence-corrected chi connectivity index (χ1v) is 7.56. The molecule has 3 heterocycles. The van der Waals surface area contributed by atoms with Gasteiger partial charge in [0.2, 0.25) is 5.95 Å². The van der Waals surface area contributed by atoms with Crippen LogP contribution in [-0.2, 0) is 12.8 Å². The van der Waals surface area contributed by atoms with Crippen molar-refractivity contribution >= 4 is 11.9 Å². The maximum absolute atomic E-state index is 12.6. The molecule has 0 fully saturated rings. The number of amides is 1. The maximum Gasteiger partial charge on any atom is 0.257 e. The average molecular weight is 316 g/mol. The van der Waals surface area contributed by atoms with Gasteiger partial charge in [-0.1, -0.05) is 0 Å². The number of aromatic amines is 2. The van der Waals surface area contributed by atoms with Crippen LogP contribution < -0.4 is 10.5 Å². The predicted molar refractivity (Wildman–Crippen MR) is 85.8 cm³/mol. The third-order valence-corrected chi connectivity index (χ3v) is 4.11. The van der Waals surface area contributed by atoms with Crippen molar-refractivity contribution in [2.75, 3.05) is 32.1 Å². The van der Waals surface area contributed by atoms with Gasteiger partial charge in [0.15, 0.2) is 0 Å². The molecule has 8 nitrogen and oxygen atoms in total. The van der Waals surface area contributed by atoms with E-state index in [1.807, 2.05) is 21.0 Å². The molecule has 1 aliphatic heterocycles. The van der Waals surface area contributed by atoms with Crippen molar-refractivity contribution in [3.8, 4) is 0 Å². The standard InChI is InChI=1S/C15H20N6O2/c1-9-11(8-16-19-9)14(23)21-6-4-10-12(5-7-21)17-15(20(2)3)18-13(10)22/h8H,4-7H2,1-3H3,(H,16,19)(H,17,18,22). The fraction of sp³-hybridized carbons (Fsp3) is 0.467. The quantitative estimate of drug-likeness (QED) is 0.819. The van der Waals surface area contributed by atoms with Gasteiger partial charge in [-0.15, -0.1) is 0 Å². The Morgan fingerprint density at radius 1 is 1.30 bits per heavy atom. The number of nitrogens with one attached hydrogen (secondary N) is 2. The predicted octanol–water partition coefficient (Wildman–Crippen LogP) is 0.108. The van der Waals surface area contributed by atoms with Crippen molar-refractivity contribution in [1.82, 2.24) is 25.1 Å². The topological polar surface area (TPSA) is 98.0 Å². The maximum atomic E-state index is 12.6. The van der Waals surface area contributed by atoms with Gasteiger partial charge in [-0.3, -0.25) is 19.7 Å². The van der Waals surface area contributed by atoms with Gasteiger partial charge in [0.05, 0.1) is 17.5 Å². The molecule has 0 unspecified atom stereocenters. The van der Waals surface area contributed by atoms with E-state index in [1.54, 1.807) is 16.0 Å². The summed E-state index contributed by atoms with van der Waals surface area (Å²) in [6.07, 6.45) is 2.63. The van der Waals surface area contributed by atoms with Crippen molar-refractivity contribution in [3.05, 3.63) is 39.1 Å². The van der Waals surface area contributed by atoms with E-state index >= 15 is 0 Å². The van der Waals surface area contributed by atoms with Gasteiger partial charge in [0, 0.05) is 44.9 Å². The first-order valence-electron chi connectivity index (χ1n) is 7.56. The van der Waals surface area contributed by atoms with Crippen molar-refractivity contribution in [2.24, 2.45) is 0 Å². The van der Waals surface area contributed by atoms with Gasteiger partial charge in [-0.25, -0.2) is 4.98 Å². The van der Waals surface area contributed by atoms with Crippen LogP contribution in [0.1, 0.15) is 27.3 Å². The molecule has 2 aromatic rings. The lowest BCUT2D eigenvalue weighted by molar-refractivity contribution is 0.0762. The Balaban J connectivity index is 1.85. The second-order valence-corrected chi connectivity index (χ2v) is 5.91. The second-order valence-electron chi connectivity index (χ2n) is 5.91. The number of fused-ring (bicyclic) bond motifs is 1. The molecule has 0 saturated carbocycles. The third kappa shape index (κ3) is 2.84. The van der Waals surface area contributed by atoms with Crippen molar-refractivity contribution < 1.29 is 4.79 Å². The van der Waals surface area contributed by atoms with Crippen LogP contribution in [0.3, 0.4) is 0 Å². The molecule has 0 bridgehead atoms. The van der Waals surface area contributed by atoms with Crippen LogP contribution in [0.25, 0.3) is 0 Å². The normalized spacial score (nSPS) is 14.3. The number of hydrogen-bond donors (Lipinski definition) is 2. The summed E-state index contributed by atoms with van der Waals surface area (Å²) in [7, 11) is 3.66. The number of hydrogen-bond acceptors (Lipinski definition) is 5. The summed E-state index contributed by atoms with van der Waals surface area (Å²) in [6, 6.07) is 0. The SMILES string of the molecule is Cc1[nH]ncc1C(=O)N1CCc2nc(N(C)C)[nH]c(=O)c2CC1. The summed E-state index contributed by atoms with van der Waals surface area (Å²) in [5.41, 5.74) is 2.66. The molecule has 0 aromatic carbocycles. The van der Waals surface area contributed by atoms with Crippen LogP contribution in [0, 0.1) is 6.92 Å². The van der Waals surface area contributed by atoms with E-state index < -0.39 is 0 Å². The molecule has 0 atom stereocenters.